The third kappa shape index (κ3) is 5.76. The van der Waals surface area contributed by atoms with Gasteiger partial charge in [0.1, 0.15) is 0 Å². The fourth-order valence-electron chi connectivity index (χ4n) is 2.78. The van der Waals surface area contributed by atoms with E-state index in [1.807, 2.05) is 6.92 Å². The summed E-state index contributed by atoms with van der Waals surface area (Å²) in [5.41, 5.74) is 0. The van der Waals surface area contributed by atoms with E-state index in [9.17, 15) is 4.79 Å². The van der Waals surface area contributed by atoms with Crippen LogP contribution in [-0.2, 0) is 4.79 Å². The lowest BCUT2D eigenvalue weighted by atomic mass is 9.88. The van der Waals surface area contributed by atoms with Crippen molar-refractivity contribution in [1.29, 1.82) is 0 Å². The van der Waals surface area contributed by atoms with Crippen molar-refractivity contribution < 1.29 is 4.79 Å². The maximum absolute atomic E-state index is 12.0. The number of rotatable bonds is 6. The molecule has 2 unspecified atom stereocenters. The lowest BCUT2D eigenvalue weighted by molar-refractivity contribution is -0.126. The summed E-state index contributed by atoms with van der Waals surface area (Å²) in [6.45, 7) is 10.7. The molecule has 0 spiro atoms. The number of amides is 1. The van der Waals surface area contributed by atoms with E-state index in [0.717, 1.165) is 26.2 Å². The van der Waals surface area contributed by atoms with Crippen molar-refractivity contribution >= 4 is 30.7 Å². The number of likely N-dealkylation sites (tertiary alicyclic amines) is 1. The first-order chi connectivity index (χ1) is 8.66. The first kappa shape index (κ1) is 20.0. The number of carbonyl (C=O) groups is 1. The molecule has 0 saturated carbocycles. The molecule has 6 heteroatoms. The van der Waals surface area contributed by atoms with E-state index in [1.54, 1.807) is 0 Å². The zero-order valence-electron chi connectivity index (χ0n) is 12.6. The van der Waals surface area contributed by atoms with Gasteiger partial charge >= 0.3 is 0 Å². The van der Waals surface area contributed by atoms with Gasteiger partial charge in [0.2, 0.25) is 5.91 Å². The molecule has 0 aromatic rings. The number of carbonyl (C=O) groups excluding carboxylic acids is 1. The quantitative estimate of drug-likeness (QED) is 0.778. The lowest BCUT2D eigenvalue weighted by Gasteiger charge is -2.32. The molecule has 2 rings (SSSR count). The molecule has 4 nitrogen and oxygen atoms in total. The van der Waals surface area contributed by atoms with Crippen molar-refractivity contribution in [2.24, 2.45) is 17.8 Å². The average molecular weight is 326 g/mol. The summed E-state index contributed by atoms with van der Waals surface area (Å²) < 4.78 is 0. The standard InChI is InChI=1S/C14H27N3O.2ClH/c1-11(10-17-5-3-4-6-17)7-16-14(18)12(2)13-8-15-9-13;;/h11-13,15H,3-10H2,1-2H3,(H,16,18);2*1H. The van der Waals surface area contributed by atoms with Crippen LogP contribution in [0.15, 0.2) is 0 Å². The molecule has 120 valence electrons. The minimum atomic E-state index is 0. The molecule has 0 radical (unpaired) electrons. The Labute approximate surface area is 135 Å². The third-order valence-electron chi connectivity index (χ3n) is 4.33. The van der Waals surface area contributed by atoms with Crippen LogP contribution in [0.4, 0.5) is 0 Å². The number of nitrogens with zero attached hydrogens (tertiary/aromatic N) is 1. The van der Waals surface area contributed by atoms with Crippen LogP contribution in [0.3, 0.4) is 0 Å². The molecule has 0 aromatic carbocycles. The second kappa shape index (κ2) is 9.82. The summed E-state index contributed by atoms with van der Waals surface area (Å²) in [6.07, 6.45) is 2.68. The van der Waals surface area contributed by atoms with Gasteiger partial charge in [0.05, 0.1) is 0 Å². The van der Waals surface area contributed by atoms with Gasteiger partial charge in [0, 0.05) is 19.0 Å². The monoisotopic (exact) mass is 325 g/mol. The Balaban J connectivity index is 0.00000180. The molecule has 2 atom stereocenters. The van der Waals surface area contributed by atoms with Crippen molar-refractivity contribution in [2.75, 3.05) is 39.3 Å². The van der Waals surface area contributed by atoms with Crippen LogP contribution < -0.4 is 10.6 Å². The summed E-state index contributed by atoms with van der Waals surface area (Å²) >= 11 is 0. The minimum Gasteiger partial charge on any atom is -0.356 e. The summed E-state index contributed by atoms with van der Waals surface area (Å²) in [5.74, 6) is 1.48. The highest BCUT2D eigenvalue weighted by atomic mass is 35.5. The SMILES string of the molecule is CC(CNC(=O)C(C)C1CNC1)CN1CCCC1.Cl.Cl. The number of hydrogen-bond donors (Lipinski definition) is 2. The Morgan fingerprint density at radius 1 is 1.25 bits per heavy atom. The van der Waals surface area contributed by atoms with Crippen LogP contribution in [0.25, 0.3) is 0 Å². The van der Waals surface area contributed by atoms with E-state index in [-0.39, 0.29) is 36.6 Å². The third-order valence-corrected chi connectivity index (χ3v) is 4.33. The van der Waals surface area contributed by atoms with E-state index in [4.69, 9.17) is 0 Å². The second-order valence-corrected chi connectivity index (χ2v) is 6.07. The van der Waals surface area contributed by atoms with E-state index in [0.29, 0.717) is 11.8 Å². The maximum atomic E-state index is 12.0. The Hall–Kier alpha value is -0.0300. The van der Waals surface area contributed by atoms with E-state index in [2.05, 4.69) is 22.5 Å². The Morgan fingerprint density at radius 2 is 1.85 bits per heavy atom. The van der Waals surface area contributed by atoms with Gasteiger partial charge in [-0.1, -0.05) is 13.8 Å². The Morgan fingerprint density at radius 3 is 2.35 bits per heavy atom. The van der Waals surface area contributed by atoms with Gasteiger partial charge in [0.15, 0.2) is 0 Å². The van der Waals surface area contributed by atoms with Crippen LogP contribution in [-0.4, -0.2) is 50.1 Å². The van der Waals surface area contributed by atoms with Crippen LogP contribution in [0.5, 0.6) is 0 Å². The van der Waals surface area contributed by atoms with Gasteiger partial charge in [-0.3, -0.25) is 4.79 Å². The highest BCUT2D eigenvalue weighted by Crippen LogP contribution is 2.16. The first-order valence-electron chi connectivity index (χ1n) is 7.37. The molecule has 2 aliphatic heterocycles. The molecule has 2 N–H and O–H groups in total. The Bertz CT molecular complexity index is 282. The fraction of sp³-hybridized carbons (Fsp3) is 0.929. The molecule has 20 heavy (non-hydrogen) atoms. The van der Waals surface area contributed by atoms with Crippen molar-refractivity contribution in [3.8, 4) is 0 Å². The largest absolute Gasteiger partial charge is 0.356 e. The van der Waals surface area contributed by atoms with Crippen molar-refractivity contribution in [3.05, 3.63) is 0 Å². The van der Waals surface area contributed by atoms with Crippen LogP contribution in [0.2, 0.25) is 0 Å². The number of nitrogens with one attached hydrogen (secondary N) is 2. The normalized spacial score (nSPS) is 22.1. The molecule has 2 saturated heterocycles. The van der Waals surface area contributed by atoms with E-state index in [1.165, 1.54) is 25.9 Å². The van der Waals surface area contributed by atoms with E-state index < -0.39 is 0 Å². The van der Waals surface area contributed by atoms with Gasteiger partial charge in [-0.25, -0.2) is 0 Å². The van der Waals surface area contributed by atoms with Crippen molar-refractivity contribution in [1.82, 2.24) is 15.5 Å². The molecule has 2 fully saturated rings. The molecule has 2 heterocycles. The molecular weight excluding hydrogens is 297 g/mol. The molecular formula is C14H29Cl2N3O. The number of halogens is 2. The van der Waals surface area contributed by atoms with Crippen molar-refractivity contribution in [2.45, 2.75) is 26.7 Å². The molecule has 2 aliphatic rings. The topological polar surface area (TPSA) is 44.4 Å². The first-order valence-corrected chi connectivity index (χ1v) is 7.37. The van der Waals surface area contributed by atoms with Crippen LogP contribution in [0, 0.1) is 17.8 Å². The molecule has 0 aliphatic carbocycles. The van der Waals surface area contributed by atoms with Gasteiger partial charge in [-0.2, -0.15) is 0 Å². The summed E-state index contributed by atoms with van der Waals surface area (Å²) in [6, 6.07) is 0. The van der Waals surface area contributed by atoms with Gasteiger partial charge in [0.25, 0.3) is 0 Å². The van der Waals surface area contributed by atoms with Crippen LogP contribution in [0.1, 0.15) is 26.7 Å². The summed E-state index contributed by atoms with van der Waals surface area (Å²) in [4.78, 5) is 14.5. The molecule has 1 amide bonds. The molecule has 0 bridgehead atoms. The smallest absolute Gasteiger partial charge is 0.223 e. The average Bonchev–Trinajstić information content (AvgIpc) is 2.76. The predicted molar refractivity (Wildman–Crippen MR) is 87.9 cm³/mol. The van der Waals surface area contributed by atoms with E-state index >= 15 is 0 Å². The fourth-order valence-corrected chi connectivity index (χ4v) is 2.78. The highest BCUT2D eigenvalue weighted by molar-refractivity contribution is 5.85. The summed E-state index contributed by atoms with van der Waals surface area (Å²) in [5, 5.41) is 6.34. The second-order valence-electron chi connectivity index (χ2n) is 6.07. The zero-order valence-corrected chi connectivity index (χ0v) is 14.2. The van der Waals surface area contributed by atoms with Crippen LogP contribution >= 0.6 is 24.8 Å². The van der Waals surface area contributed by atoms with Crippen molar-refractivity contribution in [3.63, 3.8) is 0 Å². The van der Waals surface area contributed by atoms with Gasteiger partial charge < -0.3 is 15.5 Å². The lowest BCUT2D eigenvalue weighted by Crippen LogP contribution is -2.50. The van der Waals surface area contributed by atoms with Gasteiger partial charge in [-0.05, 0) is 50.9 Å². The summed E-state index contributed by atoms with van der Waals surface area (Å²) in [7, 11) is 0. The van der Waals surface area contributed by atoms with Gasteiger partial charge in [-0.15, -0.1) is 24.8 Å². The Kier molecular flexibility index (Phi) is 9.81. The maximum Gasteiger partial charge on any atom is 0.223 e. The number of hydrogen-bond acceptors (Lipinski definition) is 3. The molecule has 0 aromatic heterocycles. The minimum absolute atomic E-state index is 0. The highest BCUT2D eigenvalue weighted by Gasteiger charge is 2.28. The predicted octanol–water partition coefficient (Wildman–Crippen LogP) is 1.53. The zero-order chi connectivity index (χ0) is 13.0.